The van der Waals surface area contributed by atoms with Gasteiger partial charge >= 0.3 is 0 Å². The topological polar surface area (TPSA) is 87.7 Å². The van der Waals surface area contributed by atoms with Gasteiger partial charge < -0.3 is 20.5 Å². The Bertz CT molecular complexity index is 606. The van der Waals surface area contributed by atoms with Crippen molar-refractivity contribution < 1.29 is 19.4 Å². The number of carbonyl (C=O) groups is 2. The highest BCUT2D eigenvalue weighted by molar-refractivity contribution is 5.79. The highest BCUT2D eigenvalue weighted by Crippen LogP contribution is 2.55. The lowest BCUT2D eigenvalue weighted by atomic mass is 9.51. The third-order valence-corrected chi connectivity index (χ3v) is 8.52. The van der Waals surface area contributed by atoms with Crippen LogP contribution in [0.4, 0.5) is 0 Å². The van der Waals surface area contributed by atoms with Crippen LogP contribution in [-0.4, -0.2) is 48.8 Å². The number of methoxy groups -OCH3 is 1. The van der Waals surface area contributed by atoms with Crippen LogP contribution >= 0.6 is 0 Å². The van der Waals surface area contributed by atoms with Crippen molar-refractivity contribution in [3.05, 3.63) is 0 Å². The molecule has 3 N–H and O–H groups in total. The number of nitrogens with one attached hydrogen (secondary N) is 2. The molecule has 0 aromatic rings. The molecule has 0 unspecified atom stereocenters. The molecule has 0 radical (unpaired) electrons. The van der Waals surface area contributed by atoms with Gasteiger partial charge in [-0.05, 0) is 61.7 Å². The molecule has 7 atom stereocenters. The van der Waals surface area contributed by atoms with E-state index >= 15 is 0 Å². The van der Waals surface area contributed by atoms with E-state index in [1.54, 1.807) is 0 Å². The molecule has 2 amide bonds. The number of hydrogen-bond acceptors (Lipinski definition) is 4. The molecule has 0 aliphatic heterocycles. The van der Waals surface area contributed by atoms with Crippen molar-refractivity contribution >= 4 is 11.8 Å². The van der Waals surface area contributed by atoms with Crippen molar-refractivity contribution in [3.8, 4) is 0 Å². The lowest BCUT2D eigenvalue weighted by molar-refractivity contribution is -0.144. The summed E-state index contributed by atoms with van der Waals surface area (Å²) in [5, 5.41) is 17.8. The SMILES string of the molecule is COCC(=O)N[C@H]1CC[C@]2(C)CC[C@@H]([C@H](C)C(=O)NC3CCCCC3)[C@H](O)[C@H]2[C@@H]1C. The predicted molar refractivity (Wildman–Crippen MR) is 117 cm³/mol. The lowest BCUT2D eigenvalue weighted by Gasteiger charge is -2.56. The highest BCUT2D eigenvalue weighted by atomic mass is 16.5. The standard InChI is InChI=1S/C24H42N2O4/c1-15(23(29)25-17-8-6-5-7-9-17)18-10-12-24(3)13-11-19(26-20(27)14-30-4)16(2)21(24)22(18)28/h15-19,21-22,28H,5-14H2,1-4H3,(H,25,29)(H,26,27)/t15-,16+,18-,19-,21+,22-,24-/m0/s1. The quantitative estimate of drug-likeness (QED) is 0.614. The highest BCUT2D eigenvalue weighted by Gasteiger charge is 2.53. The van der Waals surface area contributed by atoms with Crippen molar-refractivity contribution in [1.29, 1.82) is 0 Å². The minimum absolute atomic E-state index is 0.0254. The van der Waals surface area contributed by atoms with Crippen LogP contribution in [0.5, 0.6) is 0 Å². The van der Waals surface area contributed by atoms with E-state index in [0.29, 0.717) is 6.04 Å². The number of ether oxygens (including phenoxy) is 1. The molecule has 6 nitrogen and oxygen atoms in total. The average Bonchev–Trinajstić information content (AvgIpc) is 2.71. The van der Waals surface area contributed by atoms with Crippen LogP contribution in [-0.2, 0) is 14.3 Å². The third kappa shape index (κ3) is 5.01. The number of carbonyl (C=O) groups excluding carboxylic acids is 2. The Hall–Kier alpha value is -1.14. The summed E-state index contributed by atoms with van der Waals surface area (Å²) in [4.78, 5) is 25.0. The first-order valence-electron chi connectivity index (χ1n) is 12.0. The van der Waals surface area contributed by atoms with Crippen LogP contribution in [0.1, 0.15) is 78.6 Å². The monoisotopic (exact) mass is 422 g/mol. The molecule has 0 heterocycles. The van der Waals surface area contributed by atoms with Crippen LogP contribution in [0, 0.1) is 29.1 Å². The van der Waals surface area contributed by atoms with Gasteiger partial charge in [-0.3, -0.25) is 9.59 Å². The maximum Gasteiger partial charge on any atom is 0.246 e. The maximum atomic E-state index is 13.0. The fourth-order valence-electron chi connectivity index (χ4n) is 6.65. The molecule has 0 aromatic heterocycles. The average molecular weight is 423 g/mol. The van der Waals surface area contributed by atoms with Gasteiger partial charge in [0.2, 0.25) is 11.8 Å². The van der Waals surface area contributed by atoms with Gasteiger partial charge in [-0.15, -0.1) is 0 Å². The Kier molecular flexibility index (Phi) is 7.83. The number of rotatable bonds is 6. The summed E-state index contributed by atoms with van der Waals surface area (Å²) in [6.07, 6.45) is 9.13. The van der Waals surface area contributed by atoms with E-state index in [0.717, 1.165) is 38.5 Å². The minimum Gasteiger partial charge on any atom is -0.392 e. The van der Waals surface area contributed by atoms with Crippen LogP contribution in [0.25, 0.3) is 0 Å². The van der Waals surface area contributed by atoms with Crippen LogP contribution in [0.15, 0.2) is 0 Å². The van der Waals surface area contributed by atoms with Gasteiger partial charge in [0.25, 0.3) is 0 Å². The molecular formula is C24H42N2O4. The van der Waals surface area contributed by atoms with Crippen LogP contribution in [0.2, 0.25) is 0 Å². The Morgan fingerprint density at radius 1 is 1.10 bits per heavy atom. The van der Waals surface area contributed by atoms with Gasteiger partial charge in [0.1, 0.15) is 6.61 Å². The zero-order valence-electron chi connectivity index (χ0n) is 19.3. The Balaban J connectivity index is 1.66. The lowest BCUT2D eigenvalue weighted by Crippen LogP contribution is -2.59. The Morgan fingerprint density at radius 3 is 2.43 bits per heavy atom. The maximum absolute atomic E-state index is 13.0. The summed E-state index contributed by atoms with van der Waals surface area (Å²) in [7, 11) is 1.52. The van der Waals surface area contributed by atoms with E-state index in [-0.39, 0.29) is 53.5 Å². The first-order chi connectivity index (χ1) is 14.3. The molecule has 3 saturated carbocycles. The van der Waals surface area contributed by atoms with Crippen LogP contribution < -0.4 is 10.6 Å². The van der Waals surface area contributed by atoms with Gasteiger partial charge in [0, 0.05) is 25.1 Å². The zero-order valence-corrected chi connectivity index (χ0v) is 19.3. The number of fused-ring (bicyclic) bond motifs is 1. The van der Waals surface area contributed by atoms with E-state index in [2.05, 4.69) is 24.5 Å². The smallest absolute Gasteiger partial charge is 0.246 e. The number of hydrogen-bond donors (Lipinski definition) is 3. The predicted octanol–water partition coefficient (Wildman–Crippen LogP) is 3.03. The van der Waals surface area contributed by atoms with E-state index in [9.17, 15) is 14.7 Å². The molecule has 0 aromatic carbocycles. The van der Waals surface area contributed by atoms with Gasteiger partial charge in [-0.2, -0.15) is 0 Å². The third-order valence-electron chi connectivity index (χ3n) is 8.52. The summed E-state index contributed by atoms with van der Waals surface area (Å²) in [6.45, 7) is 6.49. The molecule has 3 aliphatic rings. The number of aliphatic hydroxyl groups excluding tert-OH is 1. The second-order valence-electron chi connectivity index (χ2n) is 10.5. The molecule has 0 saturated heterocycles. The molecular weight excluding hydrogens is 380 g/mol. The van der Waals surface area contributed by atoms with E-state index in [4.69, 9.17) is 4.74 Å². The summed E-state index contributed by atoms with van der Waals surface area (Å²) in [5.74, 6) is 0.0337. The van der Waals surface area contributed by atoms with Gasteiger partial charge in [-0.25, -0.2) is 0 Å². The molecule has 0 bridgehead atoms. The Labute approximate surface area is 181 Å². The van der Waals surface area contributed by atoms with Crippen molar-refractivity contribution in [1.82, 2.24) is 10.6 Å². The van der Waals surface area contributed by atoms with Crippen molar-refractivity contribution in [2.45, 2.75) is 96.7 Å². The normalized spacial score (nSPS) is 38.4. The zero-order chi connectivity index (χ0) is 21.9. The van der Waals surface area contributed by atoms with E-state index in [1.165, 1.54) is 26.4 Å². The minimum atomic E-state index is -0.520. The van der Waals surface area contributed by atoms with Crippen molar-refractivity contribution in [2.75, 3.05) is 13.7 Å². The van der Waals surface area contributed by atoms with E-state index < -0.39 is 6.10 Å². The largest absolute Gasteiger partial charge is 0.392 e. The molecule has 3 rings (SSSR count). The first-order valence-corrected chi connectivity index (χ1v) is 12.0. The van der Waals surface area contributed by atoms with Gasteiger partial charge in [0.05, 0.1) is 6.10 Å². The van der Waals surface area contributed by atoms with Crippen molar-refractivity contribution in [3.63, 3.8) is 0 Å². The molecule has 3 fully saturated rings. The molecule has 6 heteroatoms. The Morgan fingerprint density at radius 2 is 1.77 bits per heavy atom. The van der Waals surface area contributed by atoms with E-state index in [1.807, 2.05) is 6.92 Å². The van der Waals surface area contributed by atoms with Gasteiger partial charge in [-0.1, -0.05) is 40.0 Å². The fraction of sp³-hybridized carbons (Fsp3) is 0.917. The molecule has 0 spiro atoms. The number of amides is 2. The van der Waals surface area contributed by atoms with Crippen molar-refractivity contribution in [2.24, 2.45) is 29.1 Å². The molecule has 30 heavy (non-hydrogen) atoms. The fourth-order valence-corrected chi connectivity index (χ4v) is 6.65. The second-order valence-corrected chi connectivity index (χ2v) is 10.5. The summed E-state index contributed by atoms with van der Waals surface area (Å²) >= 11 is 0. The van der Waals surface area contributed by atoms with Gasteiger partial charge in [0.15, 0.2) is 0 Å². The number of aliphatic hydroxyl groups is 1. The summed E-state index contributed by atoms with van der Waals surface area (Å²) < 4.78 is 4.96. The molecule has 172 valence electrons. The molecule has 3 aliphatic carbocycles. The van der Waals surface area contributed by atoms with Crippen LogP contribution in [0.3, 0.4) is 0 Å². The summed E-state index contributed by atoms with van der Waals surface area (Å²) in [6, 6.07) is 0.346. The summed E-state index contributed by atoms with van der Waals surface area (Å²) in [5.41, 5.74) is 0.0668. The first kappa shape index (κ1) is 23.5. The second kappa shape index (κ2) is 9.99.